The van der Waals surface area contributed by atoms with Crippen molar-refractivity contribution in [2.24, 2.45) is 0 Å². The summed E-state index contributed by atoms with van der Waals surface area (Å²) in [5, 5.41) is 1.33. The average molecular weight is 735 g/mol. The van der Waals surface area contributed by atoms with Gasteiger partial charge in [0.2, 0.25) is 0 Å². The summed E-state index contributed by atoms with van der Waals surface area (Å²) in [4.78, 5) is 17.8. The third-order valence-electron chi connectivity index (χ3n) is 8.61. The molecule has 0 aromatic heterocycles. The minimum atomic E-state index is -4.27. The highest BCUT2D eigenvalue weighted by atomic mass is 35.5. The van der Waals surface area contributed by atoms with Crippen molar-refractivity contribution in [3.63, 3.8) is 0 Å². The molecule has 1 saturated heterocycles. The summed E-state index contributed by atoms with van der Waals surface area (Å²) in [5.74, 6) is 0.118. The van der Waals surface area contributed by atoms with Crippen LogP contribution >= 0.6 is 34.8 Å². The molecule has 49 heavy (non-hydrogen) atoms. The second kappa shape index (κ2) is 15.2. The van der Waals surface area contributed by atoms with Crippen molar-refractivity contribution in [1.82, 2.24) is 9.80 Å². The third kappa shape index (κ3) is 7.74. The second-order valence-corrected chi connectivity index (χ2v) is 14.8. The number of para-hydroxylation sites is 2. The zero-order chi connectivity index (χ0) is 34.5. The van der Waals surface area contributed by atoms with Crippen LogP contribution in [0.15, 0.2) is 126 Å². The van der Waals surface area contributed by atoms with Crippen LogP contribution in [0.4, 0.5) is 5.69 Å². The highest BCUT2D eigenvalue weighted by molar-refractivity contribution is 7.93. The molecule has 5 aromatic rings. The topological polar surface area (TPSA) is 70.2 Å². The van der Waals surface area contributed by atoms with E-state index in [9.17, 15) is 13.2 Å². The van der Waals surface area contributed by atoms with Crippen molar-refractivity contribution >= 4 is 56.4 Å². The monoisotopic (exact) mass is 733 g/mol. The van der Waals surface area contributed by atoms with Gasteiger partial charge < -0.3 is 9.64 Å². The number of halogens is 3. The molecule has 7 nitrogen and oxygen atoms in total. The van der Waals surface area contributed by atoms with Gasteiger partial charge in [-0.05, 0) is 71.3 Å². The van der Waals surface area contributed by atoms with Crippen LogP contribution in [0.3, 0.4) is 0 Å². The lowest BCUT2D eigenvalue weighted by Crippen LogP contribution is -2.49. The van der Waals surface area contributed by atoms with E-state index in [1.807, 2.05) is 78.9 Å². The van der Waals surface area contributed by atoms with Crippen molar-refractivity contribution in [3.8, 4) is 5.75 Å². The molecular formula is C38H34Cl3N3O4S. The Morgan fingerprint density at radius 1 is 0.755 bits per heavy atom. The maximum absolute atomic E-state index is 14.4. The molecule has 0 aliphatic carbocycles. The summed E-state index contributed by atoms with van der Waals surface area (Å²) in [6, 6.07) is 36.1. The standard InChI is InChI=1S/C38H34Cl3N3O4S/c1-48-35-10-6-5-9-34(35)44(26-27-7-3-2-4-8-27)49(46,47)36-25-30(15-20-33(36)41)38(45)43-23-21-42(22-24-43)37(28-11-16-31(39)17-12-28)29-13-18-32(40)19-14-29/h2-20,25,37H,21-24,26H2,1H3. The highest BCUT2D eigenvalue weighted by Crippen LogP contribution is 2.36. The number of methoxy groups -OCH3 is 1. The number of anilines is 1. The van der Waals surface area contributed by atoms with Gasteiger partial charge in [0.15, 0.2) is 0 Å². The van der Waals surface area contributed by atoms with E-state index in [0.717, 1.165) is 16.7 Å². The number of rotatable bonds is 10. The molecule has 1 amide bonds. The Morgan fingerprint density at radius 2 is 1.33 bits per heavy atom. The van der Waals surface area contributed by atoms with Crippen LogP contribution < -0.4 is 9.04 Å². The van der Waals surface area contributed by atoms with Gasteiger partial charge in [-0.2, -0.15) is 0 Å². The van der Waals surface area contributed by atoms with Crippen LogP contribution in [0.5, 0.6) is 5.75 Å². The number of benzene rings is 5. The summed E-state index contributed by atoms with van der Waals surface area (Å²) in [6.45, 7) is 2.12. The Morgan fingerprint density at radius 3 is 1.92 bits per heavy atom. The molecule has 1 aliphatic rings. The molecule has 1 heterocycles. The fraction of sp³-hybridized carbons (Fsp3) is 0.184. The molecule has 0 radical (unpaired) electrons. The Labute approximate surface area is 302 Å². The fourth-order valence-electron chi connectivity index (χ4n) is 6.11. The van der Waals surface area contributed by atoms with E-state index in [4.69, 9.17) is 39.5 Å². The first-order valence-corrected chi connectivity index (χ1v) is 18.3. The molecule has 0 N–H and O–H groups in total. The van der Waals surface area contributed by atoms with Crippen molar-refractivity contribution in [3.05, 3.63) is 159 Å². The van der Waals surface area contributed by atoms with Crippen molar-refractivity contribution in [2.75, 3.05) is 37.6 Å². The Balaban J connectivity index is 1.26. The molecule has 0 unspecified atom stereocenters. The molecule has 0 saturated carbocycles. The maximum Gasteiger partial charge on any atom is 0.266 e. The summed E-state index contributed by atoms with van der Waals surface area (Å²) in [6.07, 6.45) is 0. The van der Waals surface area contributed by atoms with Crippen molar-refractivity contribution < 1.29 is 17.9 Å². The van der Waals surface area contributed by atoms with Crippen LogP contribution in [0.25, 0.3) is 0 Å². The summed E-state index contributed by atoms with van der Waals surface area (Å²) in [5.41, 5.74) is 3.52. The lowest BCUT2D eigenvalue weighted by molar-refractivity contribution is 0.0597. The minimum absolute atomic E-state index is 0.0168. The summed E-state index contributed by atoms with van der Waals surface area (Å²) in [7, 11) is -2.77. The SMILES string of the molecule is COc1ccccc1N(Cc1ccccc1)S(=O)(=O)c1cc(C(=O)N2CCN(C(c3ccc(Cl)cc3)c3ccc(Cl)cc3)CC2)ccc1Cl. The van der Waals surface area contributed by atoms with Gasteiger partial charge in [0.25, 0.3) is 15.9 Å². The van der Waals surface area contributed by atoms with E-state index >= 15 is 0 Å². The molecule has 0 atom stereocenters. The van der Waals surface area contributed by atoms with Gasteiger partial charge in [0, 0.05) is 41.8 Å². The lowest BCUT2D eigenvalue weighted by atomic mass is 9.96. The first-order valence-electron chi connectivity index (χ1n) is 15.7. The molecule has 11 heteroatoms. The van der Waals surface area contributed by atoms with Crippen LogP contribution in [0.2, 0.25) is 15.1 Å². The average Bonchev–Trinajstić information content (AvgIpc) is 3.13. The maximum atomic E-state index is 14.4. The van der Waals surface area contributed by atoms with Crippen LogP contribution in [0.1, 0.15) is 33.1 Å². The van der Waals surface area contributed by atoms with E-state index in [1.165, 1.54) is 23.5 Å². The molecule has 0 bridgehead atoms. The number of sulfonamides is 1. The Bertz CT molecular complexity index is 1980. The van der Waals surface area contributed by atoms with Gasteiger partial charge in [-0.3, -0.25) is 14.0 Å². The minimum Gasteiger partial charge on any atom is -0.495 e. The predicted molar refractivity (Wildman–Crippen MR) is 196 cm³/mol. The van der Waals surface area contributed by atoms with E-state index in [2.05, 4.69) is 4.90 Å². The van der Waals surface area contributed by atoms with Gasteiger partial charge >= 0.3 is 0 Å². The third-order valence-corrected chi connectivity index (χ3v) is 11.4. The molecule has 5 aromatic carbocycles. The predicted octanol–water partition coefficient (Wildman–Crippen LogP) is 8.60. The van der Waals surface area contributed by atoms with Gasteiger partial charge in [-0.25, -0.2) is 8.42 Å². The number of ether oxygens (including phenoxy) is 1. The molecular weight excluding hydrogens is 701 g/mol. The largest absolute Gasteiger partial charge is 0.495 e. The van der Waals surface area contributed by atoms with Gasteiger partial charge in [0.1, 0.15) is 10.6 Å². The normalized spacial score (nSPS) is 13.8. The summed E-state index contributed by atoms with van der Waals surface area (Å²) < 4.78 is 35.7. The molecule has 1 fully saturated rings. The zero-order valence-corrected chi connectivity index (χ0v) is 29.8. The number of amides is 1. The van der Waals surface area contributed by atoms with Gasteiger partial charge in [0.05, 0.1) is 30.4 Å². The summed E-state index contributed by atoms with van der Waals surface area (Å²) >= 11 is 19.0. The number of nitrogens with zero attached hydrogens (tertiary/aromatic N) is 3. The van der Waals surface area contributed by atoms with Gasteiger partial charge in [-0.15, -0.1) is 0 Å². The fourth-order valence-corrected chi connectivity index (χ4v) is 8.33. The Hall–Kier alpha value is -4.05. The zero-order valence-electron chi connectivity index (χ0n) is 26.7. The first kappa shape index (κ1) is 34.8. The van der Waals surface area contributed by atoms with E-state index < -0.39 is 10.0 Å². The Kier molecular flexibility index (Phi) is 10.8. The highest BCUT2D eigenvalue weighted by Gasteiger charge is 2.32. The van der Waals surface area contributed by atoms with Gasteiger partial charge in [-0.1, -0.05) is 102 Å². The number of carbonyl (C=O) groups is 1. The van der Waals surface area contributed by atoms with Crippen LogP contribution in [0, 0.1) is 0 Å². The van der Waals surface area contributed by atoms with E-state index in [1.54, 1.807) is 35.2 Å². The molecule has 0 spiro atoms. The molecule has 6 rings (SSSR count). The number of piperazine rings is 1. The molecule has 1 aliphatic heterocycles. The van der Waals surface area contributed by atoms with Crippen molar-refractivity contribution in [2.45, 2.75) is 17.5 Å². The quantitative estimate of drug-likeness (QED) is 0.144. The van der Waals surface area contributed by atoms with E-state index in [-0.39, 0.29) is 34.0 Å². The smallest absolute Gasteiger partial charge is 0.266 e. The van der Waals surface area contributed by atoms with Crippen LogP contribution in [-0.2, 0) is 16.6 Å². The lowest BCUT2D eigenvalue weighted by Gasteiger charge is -2.40. The number of carbonyl (C=O) groups excluding carboxylic acids is 1. The van der Waals surface area contributed by atoms with Crippen LogP contribution in [-0.4, -0.2) is 57.4 Å². The van der Waals surface area contributed by atoms with E-state index in [0.29, 0.717) is 47.7 Å². The first-order chi connectivity index (χ1) is 23.7. The number of hydrogen-bond donors (Lipinski definition) is 0. The number of hydrogen-bond acceptors (Lipinski definition) is 5. The molecule has 252 valence electrons. The van der Waals surface area contributed by atoms with Crippen molar-refractivity contribution in [1.29, 1.82) is 0 Å². The second-order valence-electron chi connectivity index (χ2n) is 11.6.